The lowest BCUT2D eigenvalue weighted by molar-refractivity contribution is -0.116. The van der Waals surface area contributed by atoms with Gasteiger partial charge in [0.1, 0.15) is 5.82 Å². The first-order valence-corrected chi connectivity index (χ1v) is 10.1. The summed E-state index contributed by atoms with van der Waals surface area (Å²) in [5.41, 5.74) is 3.32. The molecule has 5 nitrogen and oxygen atoms in total. The second-order valence-electron chi connectivity index (χ2n) is 6.29. The van der Waals surface area contributed by atoms with E-state index in [4.69, 9.17) is 0 Å². The standard InChI is InChI=1S/C19H23FN2O3S/c1-14-5-4-6-15(2)19(14)21-18(23)13-22(26(3,24)25)12-11-16-7-9-17(20)10-8-16/h4-10H,11-13H2,1-3H3,(H,21,23). The Bertz CT molecular complexity index is 860. The van der Waals surface area contributed by atoms with Crippen molar-refractivity contribution < 1.29 is 17.6 Å². The number of hydrogen-bond acceptors (Lipinski definition) is 3. The number of nitrogens with zero attached hydrogens (tertiary/aromatic N) is 1. The van der Waals surface area contributed by atoms with Gasteiger partial charge in [0.25, 0.3) is 0 Å². The van der Waals surface area contributed by atoms with Crippen LogP contribution in [-0.4, -0.2) is 38.0 Å². The first-order valence-electron chi connectivity index (χ1n) is 8.22. The van der Waals surface area contributed by atoms with E-state index < -0.39 is 15.9 Å². The van der Waals surface area contributed by atoms with E-state index in [1.807, 2.05) is 32.0 Å². The third-order valence-corrected chi connectivity index (χ3v) is 5.35. The first-order chi connectivity index (χ1) is 12.2. The molecular formula is C19H23FN2O3S. The van der Waals surface area contributed by atoms with Crippen LogP contribution >= 0.6 is 0 Å². The Morgan fingerprint density at radius 2 is 1.65 bits per heavy atom. The van der Waals surface area contributed by atoms with Crippen molar-refractivity contribution in [3.63, 3.8) is 0 Å². The van der Waals surface area contributed by atoms with E-state index >= 15 is 0 Å². The highest BCUT2D eigenvalue weighted by atomic mass is 32.2. The lowest BCUT2D eigenvalue weighted by atomic mass is 10.1. The molecule has 0 aromatic heterocycles. The summed E-state index contributed by atoms with van der Waals surface area (Å²) < 4.78 is 38.1. The fourth-order valence-electron chi connectivity index (χ4n) is 2.62. The van der Waals surface area contributed by atoms with Gasteiger partial charge in [-0.2, -0.15) is 4.31 Å². The minimum atomic E-state index is -3.55. The zero-order valence-electron chi connectivity index (χ0n) is 15.1. The maximum absolute atomic E-state index is 13.0. The average molecular weight is 378 g/mol. The summed E-state index contributed by atoms with van der Waals surface area (Å²) in [5, 5.41) is 2.79. The first kappa shape index (κ1) is 20.1. The normalized spacial score (nSPS) is 11.6. The number of nitrogens with one attached hydrogen (secondary N) is 1. The summed E-state index contributed by atoms with van der Waals surface area (Å²) in [4.78, 5) is 12.4. The second-order valence-corrected chi connectivity index (χ2v) is 8.27. The number of amides is 1. The fourth-order valence-corrected chi connectivity index (χ4v) is 3.39. The predicted octanol–water partition coefficient (Wildman–Crippen LogP) is 2.89. The number of halogens is 1. The maximum atomic E-state index is 13.0. The van der Waals surface area contributed by atoms with E-state index in [9.17, 15) is 17.6 Å². The van der Waals surface area contributed by atoms with Crippen LogP contribution < -0.4 is 5.32 Å². The van der Waals surface area contributed by atoms with Gasteiger partial charge in [0.05, 0.1) is 12.8 Å². The van der Waals surface area contributed by atoms with Gasteiger partial charge in [0, 0.05) is 12.2 Å². The molecule has 0 aliphatic rings. The summed E-state index contributed by atoms with van der Waals surface area (Å²) in [6, 6.07) is 11.5. The summed E-state index contributed by atoms with van der Waals surface area (Å²) in [7, 11) is -3.55. The number of rotatable bonds is 7. The van der Waals surface area contributed by atoms with Crippen molar-refractivity contribution in [2.45, 2.75) is 20.3 Å². The molecule has 26 heavy (non-hydrogen) atoms. The van der Waals surface area contributed by atoms with Gasteiger partial charge in [-0.05, 0) is 49.1 Å². The van der Waals surface area contributed by atoms with Gasteiger partial charge in [0.2, 0.25) is 15.9 Å². The van der Waals surface area contributed by atoms with Crippen molar-refractivity contribution in [2.24, 2.45) is 0 Å². The van der Waals surface area contributed by atoms with Crippen LogP contribution in [0.3, 0.4) is 0 Å². The molecule has 2 aromatic carbocycles. The Labute approximate surface area is 153 Å². The minimum absolute atomic E-state index is 0.143. The number of carbonyl (C=O) groups is 1. The highest BCUT2D eigenvalue weighted by molar-refractivity contribution is 7.88. The summed E-state index contributed by atoms with van der Waals surface area (Å²) in [6.07, 6.45) is 1.47. The van der Waals surface area contributed by atoms with Crippen molar-refractivity contribution in [2.75, 3.05) is 24.7 Å². The van der Waals surface area contributed by atoms with Crippen LogP contribution in [0.15, 0.2) is 42.5 Å². The molecule has 0 bridgehead atoms. The van der Waals surface area contributed by atoms with E-state index in [0.29, 0.717) is 12.1 Å². The van der Waals surface area contributed by atoms with Crippen molar-refractivity contribution in [3.05, 3.63) is 65.0 Å². The van der Waals surface area contributed by atoms with Crippen LogP contribution in [0.25, 0.3) is 0 Å². The Kier molecular flexibility index (Phi) is 6.50. The molecule has 0 atom stereocenters. The van der Waals surface area contributed by atoms with Crippen molar-refractivity contribution in [1.82, 2.24) is 4.31 Å². The third kappa shape index (κ3) is 5.64. The van der Waals surface area contributed by atoms with E-state index in [2.05, 4.69) is 5.32 Å². The summed E-state index contributed by atoms with van der Waals surface area (Å²) in [5.74, 6) is -0.742. The molecule has 140 valence electrons. The summed E-state index contributed by atoms with van der Waals surface area (Å²) in [6.45, 7) is 3.63. The largest absolute Gasteiger partial charge is 0.324 e. The van der Waals surface area contributed by atoms with E-state index in [0.717, 1.165) is 27.3 Å². The predicted molar refractivity (Wildman–Crippen MR) is 101 cm³/mol. The molecule has 0 heterocycles. The molecule has 0 saturated carbocycles. The molecule has 0 spiro atoms. The molecule has 0 aliphatic heterocycles. The van der Waals surface area contributed by atoms with Crippen LogP contribution in [0.1, 0.15) is 16.7 Å². The number of para-hydroxylation sites is 1. The maximum Gasteiger partial charge on any atom is 0.239 e. The van der Waals surface area contributed by atoms with Crippen molar-refractivity contribution in [3.8, 4) is 0 Å². The molecule has 0 fully saturated rings. The number of carbonyl (C=O) groups excluding carboxylic acids is 1. The lowest BCUT2D eigenvalue weighted by Gasteiger charge is -2.20. The third-order valence-electron chi connectivity index (χ3n) is 4.10. The second kappa shape index (κ2) is 8.42. The Morgan fingerprint density at radius 1 is 1.08 bits per heavy atom. The molecule has 0 saturated heterocycles. The molecule has 2 rings (SSSR count). The Hall–Kier alpha value is -2.25. The topological polar surface area (TPSA) is 66.5 Å². The van der Waals surface area contributed by atoms with Crippen LogP contribution in [0, 0.1) is 19.7 Å². The van der Waals surface area contributed by atoms with Crippen molar-refractivity contribution in [1.29, 1.82) is 0 Å². The van der Waals surface area contributed by atoms with Gasteiger partial charge in [-0.15, -0.1) is 0 Å². The summed E-state index contributed by atoms with van der Waals surface area (Å²) >= 11 is 0. The number of benzene rings is 2. The molecular weight excluding hydrogens is 355 g/mol. The zero-order valence-corrected chi connectivity index (χ0v) is 15.9. The molecule has 0 radical (unpaired) electrons. The van der Waals surface area contributed by atoms with E-state index in [-0.39, 0.29) is 18.9 Å². The Morgan fingerprint density at radius 3 is 2.19 bits per heavy atom. The molecule has 1 N–H and O–H groups in total. The lowest BCUT2D eigenvalue weighted by Crippen LogP contribution is -2.38. The monoisotopic (exact) mass is 378 g/mol. The number of anilines is 1. The molecule has 0 unspecified atom stereocenters. The molecule has 2 aromatic rings. The Balaban J connectivity index is 2.05. The van der Waals surface area contributed by atoms with Gasteiger partial charge in [-0.3, -0.25) is 4.79 Å². The minimum Gasteiger partial charge on any atom is -0.324 e. The van der Waals surface area contributed by atoms with Gasteiger partial charge < -0.3 is 5.32 Å². The fraction of sp³-hybridized carbons (Fsp3) is 0.316. The molecule has 7 heteroatoms. The van der Waals surface area contributed by atoms with E-state index in [1.54, 1.807) is 12.1 Å². The van der Waals surface area contributed by atoms with Crippen LogP contribution in [0.5, 0.6) is 0 Å². The number of hydrogen-bond donors (Lipinski definition) is 1. The van der Waals surface area contributed by atoms with Gasteiger partial charge in [0.15, 0.2) is 0 Å². The zero-order chi connectivity index (χ0) is 19.3. The van der Waals surface area contributed by atoms with Crippen LogP contribution in [0.4, 0.5) is 10.1 Å². The van der Waals surface area contributed by atoms with Gasteiger partial charge in [-0.25, -0.2) is 12.8 Å². The van der Waals surface area contributed by atoms with E-state index in [1.165, 1.54) is 12.1 Å². The number of sulfonamides is 1. The number of aryl methyl sites for hydroxylation is 2. The van der Waals surface area contributed by atoms with Gasteiger partial charge in [-0.1, -0.05) is 30.3 Å². The molecule has 0 aliphatic carbocycles. The molecule has 1 amide bonds. The van der Waals surface area contributed by atoms with Gasteiger partial charge >= 0.3 is 0 Å². The quantitative estimate of drug-likeness (QED) is 0.806. The van der Waals surface area contributed by atoms with Crippen molar-refractivity contribution >= 4 is 21.6 Å². The van der Waals surface area contributed by atoms with Crippen LogP contribution in [-0.2, 0) is 21.2 Å². The van der Waals surface area contributed by atoms with Crippen LogP contribution in [0.2, 0.25) is 0 Å². The highest BCUT2D eigenvalue weighted by Gasteiger charge is 2.20. The SMILES string of the molecule is Cc1cccc(C)c1NC(=O)CN(CCc1ccc(F)cc1)S(C)(=O)=O. The highest BCUT2D eigenvalue weighted by Crippen LogP contribution is 2.19. The average Bonchev–Trinajstić information content (AvgIpc) is 2.55. The smallest absolute Gasteiger partial charge is 0.239 e.